The lowest BCUT2D eigenvalue weighted by Crippen LogP contribution is -2.41. The third-order valence-electron chi connectivity index (χ3n) is 1.91. The molecular weight excluding hydrogens is 208 g/mol. The van der Waals surface area contributed by atoms with Gasteiger partial charge in [-0.25, -0.2) is 4.79 Å². The van der Waals surface area contributed by atoms with E-state index in [0.29, 0.717) is 6.54 Å². The van der Waals surface area contributed by atoms with Crippen LogP contribution in [0, 0.1) is 0 Å². The van der Waals surface area contributed by atoms with Crippen molar-refractivity contribution in [2.75, 3.05) is 27.2 Å². The zero-order chi connectivity index (χ0) is 12.7. The van der Waals surface area contributed by atoms with Crippen LogP contribution >= 0.6 is 0 Å². The predicted octanol–water partition coefficient (Wildman–Crippen LogP) is 1.33. The van der Waals surface area contributed by atoms with Crippen LogP contribution in [0.25, 0.3) is 0 Å². The molecule has 16 heavy (non-hydrogen) atoms. The number of rotatable bonds is 5. The average molecular weight is 230 g/mol. The minimum absolute atomic E-state index is 0.0758. The van der Waals surface area contributed by atoms with Crippen molar-refractivity contribution in [2.24, 2.45) is 0 Å². The highest BCUT2D eigenvalue weighted by molar-refractivity contribution is 5.81. The highest BCUT2D eigenvalue weighted by atomic mass is 16.6. The Labute approximate surface area is 97.3 Å². The zero-order valence-corrected chi connectivity index (χ0v) is 10.8. The van der Waals surface area contributed by atoms with Crippen molar-refractivity contribution in [1.82, 2.24) is 9.80 Å². The fourth-order valence-corrected chi connectivity index (χ4v) is 1.09. The molecule has 0 heterocycles. The van der Waals surface area contributed by atoms with E-state index < -0.39 is 6.09 Å². The van der Waals surface area contributed by atoms with Crippen LogP contribution < -0.4 is 0 Å². The Hall–Kier alpha value is -1.26. The zero-order valence-electron chi connectivity index (χ0n) is 10.8. The summed E-state index contributed by atoms with van der Waals surface area (Å²) >= 11 is 0. The van der Waals surface area contributed by atoms with Crippen LogP contribution in [0.2, 0.25) is 0 Å². The third kappa shape index (κ3) is 5.58. The smallest absolute Gasteiger partial charge is 0.410 e. The third-order valence-corrected chi connectivity index (χ3v) is 1.91. The largest absolute Gasteiger partial charge is 0.447 e. The first-order chi connectivity index (χ1) is 7.38. The van der Waals surface area contributed by atoms with Crippen LogP contribution in [0.3, 0.4) is 0 Å². The molecule has 0 radical (unpaired) electrons. The van der Waals surface area contributed by atoms with E-state index in [4.69, 9.17) is 4.74 Å². The van der Waals surface area contributed by atoms with Gasteiger partial charge in [-0.1, -0.05) is 6.92 Å². The Bertz CT molecular complexity index is 239. The van der Waals surface area contributed by atoms with Crippen molar-refractivity contribution in [3.63, 3.8) is 0 Å². The lowest BCUT2D eigenvalue weighted by molar-refractivity contribution is -0.129. The molecule has 2 amide bonds. The molecule has 0 aliphatic carbocycles. The molecule has 5 nitrogen and oxygen atoms in total. The lowest BCUT2D eigenvalue weighted by Gasteiger charge is -2.23. The van der Waals surface area contributed by atoms with Gasteiger partial charge >= 0.3 is 6.09 Å². The number of carbonyl (C=O) groups is 2. The first-order valence-corrected chi connectivity index (χ1v) is 5.54. The van der Waals surface area contributed by atoms with E-state index in [1.54, 1.807) is 27.9 Å². The van der Waals surface area contributed by atoms with Crippen molar-refractivity contribution in [1.29, 1.82) is 0 Å². The molecule has 0 rings (SSSR count). The van der Waals surface area contributed by atoms with Crippen LogP contribution in [-0.4, -0.2) is 55.1 Å². The van der Waals surface area contributed by atoms with Gasteiger partial charge in [0.15, 0.2) is 0 Å². The second-order valence-corrected chi connectivity index (χ2v) is 4.14. The van der Waals surface area contributed by atoms with Gasteiger partial charge in [-0.15, -0.1) is 0 Å². The summed E-state index contributed by atoms with van der Waals surface area (Å²) in [5.74, 6) is -0.103. The van der Waals surface area contributed by atoms with Crippen molar-refractivity contribution >= 4 is 12.0 Å². The molecule has 0 aromatic heterocycles. The van der Waals surface area contributed by atoms with Gasteiger partial charge in [-0.05, 0) is 20.3 Å². The van der Waals surface area contributed by atoms with Crippen LogP contribution in [0.4, 0.5) is 4.79 Å². The summed E-state index contributed by atoms with van der Waals surface area (Å²) in [5.41, 5.74) is 0. The summed E-state index contributed by atoms with van der Waals surface area (Å²) in [6.45, 7) is 6.14. The van der Waals surface area contributed by atoms with Gasteiger partial charge in [0.1, 0.15) is 6.54 Å². The molecule has 0 spiro atoms. The van der Waals surface area contributed by atoms with Gasteiger partial charge in [-0.2, -0.15) is 0 Å². The maximum absolute atomic E-state index is 11.6. The van der Waals surface area contributed by atoms with Gasteiger partial charge in [0.2, 0.25) is 5.91 Å². The summed E-state index contributed by atoms with van der Waals surface area (Å²) < 4.78 is 5.06. The molecule has 5 heteroatoms. The molecule has 0 unspecified atom stereocenters. The quantitative estimate of drug-likeness (QED) is 0.716. The molecule has 0 fully saturated rings. The van der Waals surface area contributed by atoms with E-state index in [0.717, 1.165) is 6.42 Å². The fourth-order valence-electron chi connectivity index (χ4n) is 1.09. The Morgan fingerprint density at radius 3 is 2.19 bits per heavy atom. The maximum Gasteiger partial charge on any atom is 0.410 e. The number of nitrogens with zero attached hydrogens (tertiary/aromatic N) is 2. The predicted molar refractivity (Wildman–Crippen MR) is 62.2 cm³/mol. The molecular formula is C11H22N2O3. The number of amides is 2. The summed E-state index contributed by atoms with van der Waals surface area (Å²) in [6.07, 6.45) is 0.210. The normalized spacial score (nSPS) is 10.1. The molecule has 0 N–H and O–H groups in total. The molecule has 94 valence electrons. The number of carbonyl (C=O) groups excluding carboxylic acids is 2. The second-order valence-electron chi connectivity index (χ2n) is 4.14. The Balaban J connectivity index is 4.36. The first-order valence-electron chi connectivity index (χ1n) is 5.54. The van der Waals surface area contributed by atoms with E-state index in [1.807, 2.05) is 6.92 Å². The first kappa shape index (κ1) is 14.7. The van der Waals surface area contributed by atoms with E-state index in [9.17, 15) is 9.59 Å². The van der Waals surface area contributed by atoms with Gasteiger partial charge in [0, 0.05) is 20.6 Å². The van der Waals surface area contributed by atoms with Gasteiger partial charge in [0.25, 0.3) is 0 Å². The van der Waals surface area contributed by atoms with Gasteiger partial charge in [-0.3, -0.25) is 9.69 Å². The SMILES string of the molecule is CCCN(CC(=O)N(C)C)C(=O)OC(C)C. The molecule has 0 aromatic carbocycles. The monoisotopic (exact) mass is 230 g/mol. The Morgan fingerprint density at radius 1 is 1.25 bits per heavy atom. The lowest BCUT2D eigenvalue weighted by atomic mass is 10.4. The van der Waals surface area contributed by atoms with Crippen LogP contribution in [0.5, 0.6) is 0 Å². The van der Waals surface area contributed by atoms with Crippen LogP contribution in [0.1, 0.15) is 27.2 Å². The van der Waals surface area contributed by atoms with Crippen LogP contribution in [-0.2, 0) is 9.53 Å². The minimum Gasteiger partial charge on any atom is -0.447 e. The van der Waals surface area contributed by atoms with Gasteiger partial charge in [0.05, 0.1) is 6.10 Å². The van der Waals surface area contributed by atoms with E-state index in [-0.39, 0.29) is 18.6 Å². The molecule has 0 aliphatic rings. The van der Waals surface area contributed by atoms with Crippen LogP contribution in [0.15, 0.2) is 0 Å². The summed E-state index contributed by atoms with van der Waals surface area (Å²) in [6, 6.07) is 0. The standard InChI is InChI=1S/C11H22N2O3/c1-6-7-13(8-10(14)12(4)5)11(15)16-9(2)3/h9H,6-8H2,1-5H3. The number of hydrogen-bond acceptors (Lipinski definition) is 3. The number of ether oxygens (including phenoxy) is 1. The summed E-state index contributed by atoms with van der Waals surface area (Å²) in [7, 11) is 3.33. The van der Waals surface area contributed by atoms with Crippen molar-refractivity contribution in [3.8, 4) is 0 Å². The Kier molecular flexibility index (Phi) is 6.53. The number of hydrogen-bond donors (Lipinski definition) is 0. The van der Waals surface area contributed by atoms with Crippen molar-refractivity contribution in [3.05, 3.63) is 0 Å². The molecule has 0 saturated heterocycles. The Morgan fingerprint density at radius 2 is 1.81 bits per heavy atom. The topological polar surface area (TPSA) is 49.9 Å². The minimum atomic E-state index is -0.424. The van der Waals surface area contributed by atoms with E-state index in [1.165, 1.54) is 9.80 Å². The highest BCUT2D eigenvalue weighted by Gasteiger charge is 2.19. The summed E-state index contributed by atoms with van der Waals surface area (Å²) in [5, 5.41) is 0. The van der Waals surface area contributed by atoms with Crippen molar-refractivity contribution < 1.29 is 14.3 Å². The van der Waals surface area contributed by atoms with E-state index in [2.05, 4.69) is 0 Å². The van der Waals surface area contributed by atoms with E-state index >= 15 is 0 Å². The summed E-state index contributed by atoms with van der Waals surface area (Å²) in [4.78, 5) is 26.0. The highest BCUT2D eigenvalue weighted by Crippen LogP contribution is 2.00. The maximum atomic E-state index is 11.6. The molecule has 0 saturated carbocycles. The molecule has 0 aliphatic heterocycles. The second kappa shape index (κ2) is 7.09. The molecule has 0 bridgehead atoms. The average Bonchev–Trinajstić information content (AvgIpc) is 2.15. The fraction of sp³-hybridized carbons (Fsp3) is 0.818. The number of likely N-dealkylation sites (N-methyl/N-ethyl adjacent to an activating group) is 1. The van der Waals surface area contributed by atoms with Gasteiger partial charge < -0.3 is 9.64 Å². The molecule has 0 aromatic rings. The molecule has 0 atom stereocenters. The van der Waals surface area contributed by atoms with Crippen molar-refractivity contribution in [2.45, 2.75) is 33.3 Å².